The molecule has 4 aromatic carbocycles. The van der Waals surface area contributed by atoms with Gasteiger partial charge in [-0.25, -0.2) is 13.8 Å². The molecule has 0 spiro atoms. The molecular weight excluding hydrogens is 552 g/mol. The maximum absolute atomic E-state index is 12.6. The van der Waals surface area contributed by atoms with Gasteiger partial charge in [-0.2, -0.15) is 5.10 Å². The molecule has 0 unspecified atom stereocenters. The summed E-state index contributed by atoms with van der Waals surface area (Å²) in [4.78, 5) is 24.6. The highest BCUT2D eigenvalue weighted by Gasteiger charge is 2.18. The van der Waals surface area contributed by atoms with Crippen LogP contribution in [0.1, 0.15) is 32.6 Å². The van der Waals surface area contributed by atoms with Gasteiger partial charge < -0.3 is 10.1 Å². The number of nitrogens with zero attached hydrogens (tertiary/aromatic N) is 2. The van der Waals surface area contributed by atoms with Gasteiger partial charge in [-0.1, -0.05) is 60.2 Å². The maximum atomic E-state index is 12.6. The van der Waals surface area contributed by atoms with E-state index in [0.717, 1.165) is 22.9 Å². The van der Waals surface area contributed by atoms with E-state index in [0.29, 0.717) is 29.1 Å². The summed E-state index contributed by atoms with van der Waals surface area (Å²) < 4.78 is 31.7. The average Bonchev–Trinajstić information content (AvgIpc) is 2.99. The summed E-state index contributed by atoms with van der Waals surface area (Å²) in [7, 11) is -3.55. The molecule has 0 aliphatic heterocycles. The summed E-state index contributed by atoms with van der Waals surface area (Å²) in [5.41, 5.74) is 6.91. The number of anilines is 1. The summed E-state index contributed by atoms with van der Waals surface area (Å²) in [6.45, 7) is 2.47. The van der Waals surface area contributed by atoms with Crippen LogP contribution in [0.25, 0.3) is 0 Å². The lowest BCUT2D eigenvalue weighted by atomic mass is 10.1. The van der Waals surface area contributed by atoms with Crippen molar-refractivity contribution < 1.29 is 22.7 Å². The van der Waals surface area contributed by atoms with Crippen LogP contribution in [-0.4, -0.2) is 39.3 Å². The van der Waals surface area contributed by atoms with Crippen molar-refractivity contribution in [1.29, 1.82) is 0 Å². The van der Waals surface area contributed by atoms with Gasteiger partial charge in [-0.3, -0.25) is 13.9 Å². The number of amides is 2. The zero-order chi connectivity index (χ0) is 30.0. The summed E-state index contributed by atoms with van der Waals surface area (Å²) in [6, 6.07) is 30.4. The molecule has 0 bridgehead atoms. The van der Waals surface area contributed by atoms with Crippen LogP contribution in [0.3, 0.4) is 0 Å². The first-order valence-corrected chi connectivity index (χ1v) is 15.0. The second-order valence-electron chi connectivity index (χ2n) is 9.62. The number of carbonyl (C=O) groups is 2. The highest BCUT2D eigenvalue weighted by molar-refractivity contribution is 7.92. The lowest BCUT2D eigenvalue weighted by Crippen LogP contribution is -2.29. The summed E-state index contributed by atoms with van der Waals surface area (Å²) in [5, 5.41) is 6.80. The minimum absolute atomic E-state index is 0.108. The summed E-state index contributed by atoms with van der Waals surface area (Å²) in [5.74, 6) is -0.143. The molecule has 216 valence electrons. The van der Waals surface area contributed by atoms with Crippen molar-refractivity contribution in [3.05, 3.63) is 131 Å². The SMILES string of the molecule is Cc1ccc(CN(c2ccc(C(=O)N/N=C\c3ccc(OCC(=O)NCc4ccccc4)cc3)cc2)S(C)(=O)=O)cc1. The average molecular weight is 585 g/mol. The lowest BCUT2D eigenvalue weighted by Gasteiger charge is -2.22. The Hall–Kier alpha value is -4.96. The van der Waals surface area contributed by atoms with E-state index >= 15 is 0 Å². The Balaban J connectivity index is 1.26. The molecule has 9 nitrogen and oxygen atoms in total. The number of ether oxygens (including phenoxy) is 1. The van der Waals surface area contributed by atoms with Crippen molar-refractivity contribution >= 4 is 33.7 Å². The van der Waals surface area contributed by atoms with Gasteiger partial charge in [0.2, 0.25) is 10.0 Å². The number of carbonyl (C=O) groups excluding carboxylic acids is 2. The first kappa shape index (κ1) is 30.0. The van der Waals surface area contributed by atoms with Gasteiger partial charge in [-0.05, 0) is 72.1 Å². The van der Waals surface area contributed by atoms with E-state index < -0.39 is 15.9 Å². The van der Waals surface area contributed by atoms with Gasteiger partial charge in [0.25, 0.3) is 11.8 Å². The molecule has 0 radical (unpaired) electrons. The van der Waals surface area contributed by atoms with Gasteiger partial charge in [0.15, 0.2) is 6.61 Å². The predicted octanol–water partition coefficient (Wildman–Crippen LogP) is 4.42. The first-order chi connectivity index (χ1) is 20.2. The second kappa shape index (κ2) is 14.1. The highest BCUT2D eigenvalue weighted by Crippen LogP contribution is 2.21. The number of sulfonamides is 1. The molecule has 0 atom stereocenters. The van der Waals surface area contributed by atoms with Crippen molar-refractivity contribution in [3.8, 4) is 5.75 Å². The van der Waals surface area contributed by atoms with E-state index in [1.807, 2.05) is 61.5 Å². The molecular formula is C32H32N4O5S. The minimum Gasteiger partial charge on any atom is -0.484 e. The maximum Gasteiger partial charge on any atom is 0.271 e. The largest absolute Gasteiger partial charge is 0.484 e. The Morgan fingerprint density at radius 2 is 1.52 bits per heavy atom. The van der Waals surface area contributed by atoms with E-state index in [1.54, 1.807) is 48.5 Å². The molecule has 0 saturated carbocycles. The molecule has 42 heavy (non-hydrogen) atoms. The van der Waals surface area contributed by atoms with Crippen molar-refractivity contribution in [2.24, 2.45) is 5.10 Å². The minimum atomic E-state index is -3.55. The third-order valence-corrected chi connectivity index (χ3v) is 7.37. The Bertz CT molecular complexity index is 1620. The fourth-order valence-corrected chi connectivity index (χ4v) is 4.80. The molecule has 0 saturated heterocycles. The van der Waals surface area contributed by atoms with Crippen molar-refractivity contribution in [3.63, 3.8) is 0 Å². The normalized spacial score (nSPS) is 11.2. The molecule has 0 aliphatic rings. The number of aryl methyl sites for hydroxylation is 1. The molecule has 4 aromatic rings. The Morgan fingerprint density at radius 3 is 2.17 bits per heavy atom. The summed E-state index contributed by atoms with van der Waals surface area (Å²) >= 11 is 0. The van der Waals surface area contributed by atoms with Gasteiger partial charge in [0.05, 0.1) is 24.7 Å². The van der Waals surface area contributed by atoms with E-state index in [1.165, 1.54) is 10.5 Å². The first-order valence-electron chi connectivity index (χ1n) is 13.2. The summed E-state index contributed by atoms with van der Waals surface area (Å²) in [6.07, 6.45) is 2.63. The number of hydrazone groups is 1. The van der Waals surface area contributed by atoms with E-state index in [4.69, 9.17) is 4.74 Å². The smallest absolute Gasteiger partial charge is 0.271 e. The van der Waals surface area contributed by atoms with Crippen molar-refractivity contribution in [2.45, 2.75) is 20.0 Å². The van der Waals surface area contributed by atoms with E-state index in [9.17, 15) is 18.0 Å². The third kappa shape index (κ3) is 9.03. The standard InChI is InChI=1S/C32H32N4O5S/c1-24-8-10-27(11-9-24)22-36(42(2,39)40)29-16-14-28(15-17-29)32(38)35-34-21-26-12-18-30(19-13-26)41-23-31(37)33-20-25-6-4-3-5-7-25/h3-19,21H,20,22-23H2,1-2H3,(H,33,37)(H,35,38)/b34-21-. The van der Waals surface area contributed by atoms with Crippen LogP contribution in [0.4, 0.5) is 5.69 Å². The fourth-order valence-electron chi connectivity index (χ4n) is 3.91. The van der Waals surface area contributed by atoms with Crippen LogP contribution >= 0.6 is 0 Å². The van der Waals surface area contributed by atoms with Gasteiger partial charge in [-0.15, -0.1) is 0 Å². The third-order valence-electron chi connectivity index (χ3n) is 6.23. The molecule has 0 aliphatic carbocycles. The fraction of sp³-hybridized carbons (Fsp3) is 0.156. The number of benzene rings is 4. The molecule has 10 heteroatoms. The lowest BCUT2D eigenvalue weighted by molar-refractivity contribution is -0.123. The molecule has 2 amide bonds. The van der Waals surface area contributed by atoms with Crippen LogP contribution in [0.15, 0.2) is 108 Å². The zero-order valence-corrected chi connectivity index (χ0v) is 24.2. The van der Waals surface area contributed by atoms with Crippen LogP contribution in [0.5, 0.6) is 5.75 Å². The monoisotopic (exact) mass is 584 g/mol. The van der Waals surface area contributed by atoms with Crippen LogP contribution in [-0.2, 0) is 27.9 Å². The molecule has 0 fully saturated rings. The van der Waals surface area contributed by atoms with Gasteiger partial charge in [0.1, 0.15) is 5.75 Å². The number of hydrogen-bond donors (Lipinski definition) is 2. The number of hydrogen-bond acceptors (Lipinski definition) is 6. The molecule has 0 aromatic heterocycles. The van der Waals surface area contributed by atoms with Crippen LogP contribution in [0, 0.1) is 6.92 Å². The molecule has 0 heterocycles. The van der Waals surface area contributed by atoms with E-state index in [-0.39, 0.29) is 19.1 Å². The quantitative estimate of drug-likeness (QED) is 0.189. The highest BCUT2D eigenvalue weighted by atomic mass is 32.2. The topological polar surface area (TPSA) is 117 Å². The van der Waals surface area contributed by atoms with Crippen LogP contribution < -0.4 is 19.8 Å². The van der Waals surface area contributed by atoms with Gasteiger partial charge in [0, 0.05) is 12.1 Å². The van der Waals surface area contributed by atoms with E-state index in [2.05, 4.69) is 15.8 Å². The molecule has 4 rings (SSSR count). The number of nitrogens with one attached hydrogen (secondary N) is 2. The van der Waals surface area contributed by atoms with Crippen LogP contribution in [0.2, 0.25) is 0 Å². The number of rotatable bonds is 12. The molecule has 2 N–H and O–H groups in total. The van der Waals surface area contributed by atoms with Gasteiger partial charge >= 0.3 is 0 Å². The zero-order valence-electron chi connectivity index (χ0n) is 23.4. The Labute approximate surface area is 245 Å². The van der Waals surface area contributed by atoms with Crippen molar-refractivity contribution in [1.82, 2.24) is 10.7 Å². The predicted molar refractivity (Wildman–Crippen MR) is 164 cm³/mol. The Morgan fingerprint density at radius 1 is 0.857 bits per heavy atom. The second-order valence-corrected chi connectivity index (χ2v) is 11.5. The van der Waals surface area contributed by atoms with Crippen molar-refractivity contribution in [2.75, 3.05) is 17.2 Å². The Kier molecular flexibility index (Phi) is 10.1.